The van der Waals surface area contributed by atoms with Gasteiger partial charge >= 0.3 is 0 Å². The Bertz CT molecular complexity index is 680. The van der Waals surface area contributed by atoms with Crippen molar-refractivity contribution >= 4 is 23.2 Å². The molecule has 3 aliphatic rings. The van der Waals surface area contributed by atoms with Gasteiger partial charge in [-0.05, 0) is 42.5 Å². The van der Waals surface area contributed by atoms with Crippen LogP contribution in [0.15, 0.2) is 23.3 Å². The van der Waals surface area contributed by atoms with Crippen molar-refractivity contribution in [2.75, 3.05) is 5.32 Å². The third kappa shape index (κ3) is 1.95. The van der Waals surface area contributed by atoms with Crippen LogP contribution in [-0.2, 0) is 16.0 Å². The molecule has 108 valence electrons. The number of hydrazone groups is 1. The van der Waals surface area contributed by atoms with E-state index in [0.29, 0.717) is 0 Å². The molecule has 0 saturated heterocycles. The van der Waals surface area contributed by atoms with E-state index in [0.717, 1.165) is 41.8 Å². The topological polar surface area (TPSA) is 70.6 Å². The molecule has 2 aliphatic heterocycles. The van der Waals surface area contributed by atoms with Gasteiger partial charge in [-0.15, -0.1) is 0 Å². The lowest BCUT2D eigenvalue weighted by molar-refractivity contribution is -0.122. The van der Waals surface area contributed by atoms with Gasteiger partial charge in [0.2, 0.25) is 11.8 Å². The molecule has 4 rings (SSSR count). The van der Waals surface area contributed by atoms with Gasteiger partial charge in [0, 0.05) is 23.4 Å². The zero-order chi connectivity index (χ0) is 14.6. The van der Waals surface area contributed by atoms with Gasteiger partial charge in [-0.3, -0.25) is 9.59 Å². The Balaban J connectivity index is 1.67. The monoisotopic (exact) mass is 283 g/mol. The fraction of sp³-hybridized carbons (Fsp3) is 0.438. The molecule has 0 spiro atoms. The first-order valence-electron chi connectivity index (χ1n) is 7.49. The predicted molar refractivity (Wildman–Crippen MR) is 78.8 cm³/mol. The second kappa shape index (κ2) is 4.41. The summed E-state index contributed by atoms with van der Waals surface area (Å²) in [5.41, 5.74) is 6.72. The van der Waals surface area contributed by atoms with E-state index in [1.807, 2.05) is 19.1 Å². The number of hydrogen-bond acceptors (Lipinski definition) is 3. The maximum Gasteiger partial charge on any atom is 0.243 e. The Morgan fingerprint density at radius 2 is 2.10 bits per heavy atom. The fourth-order valence-electron chi connectivity index (χ4n) is 3.31. The lowest BCUT2D eigenvalue weighted by Crippen LogP contribution is -2.30. The van der Waals surface area contributed by atoms with Crippen LogP contribution in [0.25, 0.3) is 0 Å². The molecule has 2 heterocycles. The van der Waals surface area contributed by atoms with Crippen molar-refractivity contribution in [3.63, 3.8) is 0 Å². The molecule has 0 radical (unpaired) electrons. The van der Waals surface area contributed by atoms with Crippen molar-refractivity contribution < 1.29 is 9.59 Å². The number of benzene rings is 1. The molecule has 1 saturated carbocycles. The standard InChI is InChI=1S/C16H17N3O2/c1-2-8-5-10-6-9(3-4-13(10)17-15(8)20)14-11-7-12(11)16(21)19-18-14/h3-4,6,8,11-12H,2,5,7H2,1H3,(H,17,20)(H,19,21). The molecule has 1 aliphatic carbocycles. The van der Waals surface area contributed by atoms with E-state index in [1.165, 1.54) is 0 Å². The maximum atomic E-state index is 11.9. The molecule has 1 aromatic rings. The minimum Gasteiger partial charge on any atom is -0.326 e. The summed E-state index contributed by atoms with van der Waals surface area (Å²) in [7, 11) is 0. The van der Waals surface area contributed by atoms with E-state index in [2.05, 4.69) is 21.9 Å². The summed E-state index contributed by atoms with van der Waals surface area (Å²) < 4.78 is 0. The number of carbonyl (C=O) groups is 2. The second-order valence-electron chi connectivity index (χ2n) is 6.09. The predicted octanol–water partition coefficient (Wildman–Crippen LogP) is 1.68. The number of hydrogen-bond donors (Lipinski definition) is 2. The van der Waals surface area contributed by atoms with Gasteiger partial charge in [0.05, 0.1) is 5.71 Å². The summed E-state index contributed by atoms with van der Waals surface area (Å²) in [6.07, 6.45) is 2.52. The van der Waals surface area contributed by atoms with E-state index in [-0.39, 0.29) is 29.6 Å². The summed E-state index contributed by atoms with van der Waals surface area (Å²) in [4.78, 5) is 23.4. The highest BCUT2D eigenvalue weighted by Gasteiger charge is 2.49. The Morgan fingerprint density at radius 1 is 1.24 bits per heavy atom. The fourth-order valence-corrected chi connectivity index (χ4v) is 3.31. The van der Waals surface area contributed by atoms with E-state index in [1.54, 1.807) is 0 Å². The van der Waals surface area contributed by atoms with Crippen LogP contribution < -0.4 is 10.7 Å². The molecular weight excluding hydrogens is 266 g/mol. The first-order valence-corrected chi connectivity index (χ1v) is 7.49. The van der Waals surface area contributed by atoms with Crippen LogP contribution in [0.2, 0.25) is 0 Å². The first kappa shape index (κ1) is 12.6. The van der Waals surface area contributed by atoms with Gasteiger partial charge in [0.15, 0.2) is 0 Å². The molecule has 2 N–H and O–H groups in total. The average molecular weight is 283 g/mol. The van der Waals surface area contributed by atoms with Crippen molar-refractivity contribution in [3.05, 3.63) is 29.3 Å². The molecule has 3 atom stereocenters. The Morgan fingerprint density at radius 3 is 2.90 bits per heavy atom. The molecule has 0 bridgehead atoms. The number of amides is 2. The van der Waals surface area contributed by atoms with Crippen LogP contribution in [-0.4, -0.2) is 17.5 Å². The quantitative estimate of drug-likeness (QED) is 0.867. The smallest absolute Gasteiger partial charge is 0.243 e. The normalized spacial score (nSPS) is 29.8. The number of fused-ring (bicyclic) bond motifs is 2. The third-order valence-corrected chi connectivity index (χ3v) is 4.75. The maximum absolute atomic E-state index is 11.9. The molecule has 1 fully saturated rings. The van der Waals surface area contributed by atoms with Gasteiger partial charge < -0.3 is 5.32 Å². The number of anilines is 1. The van der Waals surface area contributed by atoms with E-state index in [9.17, 15) is 9.59 Å². The number of nitrogens with zero attached hydrogens (tertiary/aromatic N) is 1. The highest BCUT2D eigenvalue weighted by Crippen LogP contribution is 2.43. The van der Waals surface area contributed by atoms with Gasteiger partial charge in [0.1, 0.15) is 0 Å². The van der Waals surface area contributed by atoms with Crippen molar-refractivity contribution in [1.29, 1.82) is 0 Å². The van der Waals surface area contributed by atoms with Gasteiger partial charge in [-0.25, -0.2) is 5.43 Å². The van der Waals surface area contributed by atoms with Crippen LogP contribution >= 0.6 is 0 Å². The second-order valence-corrected chi connectivity index (χ2v) is 6.09. The summed E-state index contributed by atoms with van der Waals surface area (Å²) in [6.45, 7) is 2.04. The molecular formula is C16H17N3O2. The number of nitrogens with one attached hydrogen (secondary N) is 2. The average Bonchev–Trinajstić information content (AvgIpc) is 3.28. The van der Waals surface area contributed by atoms with Crippen LogP contribution in [0.5, 0.6) is 0 Å². The minimum atomic E-state index is 0.0417. The van der Waals surface area contributed by atoms with Gasteiger partial charge in [0.25, 0.3) is 0 Å². The Kier molecular flexibility index (Phi) is 2.64. The van der Waals surface area contributed by atoms with E-state index < -0.39 is 0 Å². The van der Waals surface area contributed by atoms with Crippen molar-refractivity contribution in [2.24, 2.45) is 22.9 Å². The van der Waals surface area contributed by atoms with Crippen LogP contribution in [0.1, 0.15) is 30.9 Å². The lowest BCUT2D eigenvalue weighted by atomic mass is 9.89. The summed E-state index contributed by atoms with van der Waals surface area (Å²) in [5.74, 6) is 0.588. The molecule has 3 unspecified atom stereocenters. The van der Waals surface area contributed by atoms with Crippen molar-refractivity contribution in [2.45, 2.75) is 26.2 Å². The van der Waals surface area contributed by atoms with Crippen LogP contribution in [0, 0.1) is 17.8 Å². The van der Waals surface area contributed by atoms with Crippen LogP contribution in [0.3, 0.4) is 0 Å². The summed E-state index contributed by atoms with van der Waals surface area (Å²) in [6, 6.07) is 6.05. The lowest BCUT2D eigenvalue weighted by Gasteiger charge is -2.24. The molecule has 1 aromatic carbocycles. The SMILES string of the molecule is CCC1Cc2cc(C3=NNC(=O)C4CC34)ccc2NC1=O. The van der Waals surface area contributed by atoms with E-state index >= 15 is 0 Å². The highest BCUT2D eigenvalue weighted by atomic mass is 16.2. The summed E-state index contributed by atoms with van der Waals surface area (Å²) >= 11 is 0. The minimum absolute atomic E-state index is 0.0417. The summed E-state index contributed by atoms with van der Waals surface area (Å²) in [5, 5.41) is 7.21. The molecule has 5 heteroatoms. The Hall–Kier alpha value is -2.17. The van der Waals surface area contributed by atoms with Gasteiger partial charge in [-0.1, -0.05) is 13.0 Å². The number of rotatable bonds is 2. The Labute approximate surface area is 122 Å². The largest absolute Gasteiger partial charge is 0.326 e. The van der Waals surface area contributed by atoms with Crippen molar-refractivity contribution in [1.82, 2.24) is 5.43 Å². The zero-order valence-corrected chi connectivity index (χ0v) is 11.8. The van der Waals surface area contributed by atoms with Crippen LogP contribution in [0.4, 0.5) is 5.69 Å². The molecule has 21 heavy (non-hydrogen) atoms. The highest BCUT2D eigenvalue weighted by molar-refractivity contribution is 6.10. The van der Waals surface area contributed by atoms with Crippen molar-refractivity contribution in [3.8, 4) is 0 Å². The first-order chi connectivity index (χ1) is 10.2. The van der Waals surface area contributed by atoms with Gasteiger partial charge in [-0.2, -0.15) is 5.10 Å². The zero-order valence-electron chi connectivity index (χ0n) is 11.8. The molecule has 2 amide bonds. The van der Waals surface area contributed by atoms with E-state index in [4.69, 9.17) is 0 Å². The molecule has 0 aromatic heterocycles. The number of carbonyl (C=O) groups excluding carboxylic acids is 2. The molecule has 5 nitrogen and oxygen atoms in total. The third-order valence-electron chi connectivity index (χ3n) is 4.75.